The van der Waals surface area contributed by atoms with Gasteiger partial charge in [0.15, 0.2) is 5.76 Å². The molecule has 0 spiro atoms. The van der Waals surface area contributed by atoms with Gasteiger partial charge in [-0.3, -0.25) is 9.78 Å². The molecule has 0 bridgehead atoms. The van der Waals surface area contributed by atoms with Crippen molar-refractivity contribution in [2.45, 2.75) is 6.92 Å². The van der Waals surface area contributed by atoms with Crippen molar-refractivity contribution in [3.8, 4) is 22.8 Å². The first-order chi connectivity index (χ1) is 15.2. The summed E-state index contributed by atoms with van der Waals surface area (Å²) in [7, 11) is 0. The fraction of sp³-hybridized carbons (Fsp3) is 0.0385. The van der Waals surface area contributed by atoms with Crippen molar-refractivity contribution in [1.82, 2.24) is 9.97 Å². The van der Waals surface area contributed by atoms with E-state index >= 15 is 0 Å². The van der Waals surface area contributed by atoms with Crippen molar-refractivity contribution in [3.63, 3.8) is 0 Å². The van der Waals surface area contributed by atoms with E-state index in [1.807, 2.05) is 67.6 Å². The van der Waals surface area contributed by atoms with Crippen molar-refractivity contribution in [2.24, 2.45) is 0 Å². The zero-order valence-electron chi connectivity index (χ0n) is 16.9. The Balaban J connectivity index is 1.57. The van der Waals surface area contributed by atoms with Crippen LogP contribution in [0.2, 0.25) is 0 Å². The lowest BCUT2D eigenvalue weighted by molar-refractivity contribution is 0.102. The first-order valence-corrected chi connectivity index (χ1v) is 9.96. The van der Waals surface area contributed by atoms with Gasteiger partial charge in [0.25, 0.3) is 5.91 Å². The van der Waals surface area contributed by atoms with Gasteiger partial charge in [0.2, 0.25) is 5.89 Å². The van der Waals surface area contributed by atoms with Crippen LogP contribution < -0.4 is 5.32 Å². The van der Waals surface area contributed by atoms with E-state index in [0.29, 0.717) is 23.0 Å². The summed E-state index contributed by atoms with van der Waals surface area (Å²) in [6.07, 6.45) is 3.33. The molecule has 31 heavy (non-hydrogen) atoms. The van der Waals surface area contributed by atoms with E-state index in [2.05, 4.69) is 15.3 Å². The number of aromatic nitrogens is 2. The Morgan fingerprint density at radius 1 is 0.871 bits per heavy atom. The Labute approximate surface area is 179 Å². The molecule has 0 unspecified atom stereocenters. The highest BCUT2D eigenvalue weighted by Gasteiger charge is 2.16. The van der Waals surface area contributed by atoms with Gasteiger partial charge in [0.1, 0.15) is 5.69 Å². The summed E-state index contributed by atoms with van der Waals surface area (Å²) in [5.74, 6) is 0.929. The number of nitrogens with one attached hydrogen (secondary N) is 1. The third kappa shape index (κ3) is 3.69. The van der Waals surface area contributed by atoms with Crippen LogP contribution in [0, 0.1) is 6.92 Å². The zero-order chi connectivity index (χ0) is 21.2. The maximum atomic E-state index is 12.7. The van der Waals surface area contributed by atoms with Crippen molar-refractivity contribution in [1.29, 1.82) is 0 Å². The first kappa shape index (κ1) is 18.8. The van der Waals surface area contributed by atoms with Gasteiger partial charge in [-0.2, -0.15) is 0 Å². The van der Waals surface area contributed by atoms with Gasteiger partial charge < -0.3 is 9.73 Å². The average molecular weight is 405 g/mol. The van der Waals surface area contributed by atoms with Gasteiger partial charge in [-0.25, -0.2) is 4.98 Å². The number of pyridine rings is 1. The topological polar surface area (TPSA) is 68.0 Å². The van der Waals surface area contributed by atoms with E-state index < -0.39 is 0 Å². The normalized spacial score (nSPS) is 10.9. The van der Waals surface area contributed by atoms with Crippen LogP contribution in [0.15, 0.2) is 95.7 Å². The highest BCUT2D eigenvalue weighted by molar-refractivity contribution is 6.11. The number of benzene rings is 3. The van der Waals surface area contributed by atoms with Crippen LogP contribution in [0.4, 0.5) is 5.69 Å². The molecule has 0 atom stereocenters. The fourth-order valence-electron chi connectivity index (χ4n) is 3.56. The molecule has 5 rings (SSSR count). The fourth-order valence-corrected chi connectivity index (χ4v) is 3.56. The van der Waals surface area contributed by atoms with Crippen LogP contribution in [-0.2, 0) is 0 Å². The summed E-state index contributed by atoms with van der Waals surface area (Å²) >= 11 is 0. The molecule has 0 aliphatic carbocycles. The number of nitrogens with zero attached hydrogens (tertiary/aromatic N) is 2. The zero-order valence-corrected chi connectivity index (χ0v) is 16.9. The molecule has 1 N–H and O–H groups in total. The summed E-state index contributed by atoms with van der Waals surface area (Å²) in [5, 5.41) is 4.83. The number of carbonyl (C=O) groups is 1. The summed E-state index contributed by atoms with van der Waals surface area (Å²) < 4.78 is 6.11. The lowest BCUT2D eigenvalue weighted by Crippen LogP contribution is -2.13. The molecule has 0 aliphatic rings. The minimum Gasteiger partial charge on any atom is -0.436 e. The van der Waals surface area contributed by atoms with Gasteiger partial charge in [0.05, 0.1) is 6.20 Å². The summed E-state index contributed by atoms with van der Waals surface area (Å²) in [6.45, 7) is 2.05. The summed E-state index contributed by atoms with van der Waals surface area (Å²) in [4.78, 5) is 21.4. The van der Waals surface area contributed by atoms with Gasteiger partial charge >= 0.3 is 0 Å². The minimum atomic E-state index is -0.268. The molecular weight excluding hydrogens is 386 g/mol. The predicted molar refractivity (Wildman–Crippen MR) is 122 cm³/mol. The van der Waals surface area contributed by atoms with E-state index in [0.717, 1.165) is 21.9 Å². The monoisotopic (exact) mass is 405 g/mol. The van der Waals surface area contributed by atoms with Crippen LogP contribution in [-0.4, -0.2) is 15.9 Å². The number of fused-ring (bicyclic) bond motifs is 1. The number of hydrogen-bond donors (Lipinski definition) is 1. The summed E-state index contributed by atoms with van der Waals surface area (Å²) in [6, 6.07) is 25.0. The molecule has 0 aliphatic heterocycles. The largest absolute Gasteiger partial charge is 0.436 e. The van der Waals surface area contributed by atoms with E-state index in [9.17, 15) is 4.79 Å². The molecule has 150 valence electrons. The lowest BCUT2D eigenvalue weighted by Gasteiger charge is -2.11. The van der Waals surface area contributed by atoms with E-state index in [1.165, 1.54) is 5.56 Å². The van der Waals surface area contributed by atoms with E-state index in [1.54, 1.807) is 30.6 Å². The molecule has 2 aromatic heterocycles. The standard InChI is InChI=1S/C26H19N3O2/c1-17-11-13-18(14-12-17)23-16-28-26(31-23)20-8-4-6-19-7-5-10-21(24(19)20)29-25(30)22-9-2-3-15-27-22/h2-16H,1H3,(H,29,30). The van der Waals surface area contributed by atoms with Gasteiger partial charge in [0, 0.05) is 28.4 Å². The van der Waals surface area contributed by atoms with Gasteiger partial charge in [-0.1, -0.05) is 60.2 Å². The quantitative estimate of drug-likeness (QED) is 0.391. The van der Waals surface area contributed by atoms with Crippen molar-refractivity contribution >= 4 is 22.4 Å². The third-order valence-corrected chi connectivity index (χ3v) is 5.12. The third-order valence-electron chi connectivity index (χ3n) is 5.12. The Bertz CT molecular complexity index is 1370. The van der Waals surface area contributed by atoms with Crippen LogP contribution in [0.25, 0.3) is 33.6 Å². The molecule has 5 heteroatoms. The second kappa shape index (κ2) is 7.88. The number of amides is 1. The van der Waals surface area contributed by atoms with Crippen molar-refractivity contribution < 1.29 is 9.21 Å². The van der Waals surface area contributed by atoms with E-state index in [-0.39, 0.29) is 5.91 Å². The molecule has 1 amide bonds. The maximum Gasteiger partial charge on any atom is 0.274 e. The summed E-state index contributed by atoms with van der Waals surface area (Å²) in [5.41, 5.74) is 4.00. The Kier molecular flexibility index (Phi) is 4.77. The lowest BCUT2D eigenvalue weighted by atomic mass is 10.0. The molecular formula is C26H19N3O2. The van der Waals surface area contributed by atoms with Crippen LogP contribution in [0.5, 0.6) is 0 Å². The Hall–Kier alpha value is -4.25. The minimum absolute atomic E-state index is 0.268. The number of carbonyl (C=O) groups excluding carboxylic acids is 1. The molecule has 0 fully saturated rings. The molecule has 0 radical (unpaired) electrons. The van der Waals surface area contributed by atoms with Crippen molar-refractivity contribution in [3.05, 3.63) is 103 Å². The first-order valence-electron chi connectivity index (χ1n) is 9.96. The second-order valence-electron chi connectivity index (χ2n) is 7.27. The van der Waals surface area contributed by atoms with Crippen LogP contribution in [0.3, 0.4) is 0 Å². The molecule has 5 aromatic rings. The van der Waals surface area contributed by atoms with Crippen molar-refractivity contribution in [2.75, 3.05) is 5.32 Å². The second-order valence-corrected chi connectivity index (χ2v) is 7.27. The van der Waals surface area contributed by atoms with E-state index in [4.69, 9.17) is 4.42 Å². The van der Waals surface area contributed by atoms with Crippen LogP contribution in [0.1, 0.15) is 16.1 Å². The SMILES string of the molecule is Cc1ccc(-c2cnc(-c3cccc4cccc(NC(=O)c5ccccn5)c34)o2)cc1. The number of anilines is 1. The van der Waals surface area contributed by atoms with Gasteiger partial charge in [-0.05, 0) is 36.6 Å². The Morgan fingerprint density at radius 3 is 2.45 bits per heavy atom. The molecule has 5 nitrogen and oxygen atoms in total. The smallest absolute Gasteiger partial charge is 0.274 e. The number of hydrogen-bond acceptors (Lipinski definition) is 4. The Morgan fingerprint density at radius 2 is 1.68 bits per heavy atom. The molecule has 3 aromatic carbocycles. The predicted octanol–water partition coefficient (Wildman–Crippen LogP) is 6.12. The highest BCUT2D eigenvalue weighted by atomic mass is 16.4. The molecule has 2 heterocycles. The molecule has 0 saturated heterocycles. The van der Waals surface area contributed by atoms with Crippen LogP contribution >= 0.6 is 0 Å². The highest BCUT2D eigenvalue weighted by Crippen LogP contribution is 2.35. The maximum absolute atomic E-state index is 12.7. The number of rotatable bonds is 4. The number of aryl methyl sites for hydroxylation is 1. The number of oxazole rings is 1. The molecule has 0 saturated carbocycles. The van der Waals surface area contributed by atoms with Gasteiger partial charge in [-0.15, -0.1) is 0 Å². The average Bonchev–Trinajstić information content (AvgIpc) is 3.30.